The van der Waals surface area contributed by atoms with Crippen LogP contribution in [0.15, 0.2) is 0 Å². The van der Waals surface area contributed by atoms with Crippen molar-refractivity contribution in [1.82, 2.24) is 15.6 Å². The van der Waals surface area contributed by atoms with Gasteiger partial charge in [-0.15, -0.1) is 11.3 Å². The molecule has 2 heterocycles. The van der Waals surface area contributed by atoms with Crippen LogP contribution in [0.3, 0.4) is 0 Å². The van der Waals surface area contributed by atoms with Crippen LogP contribution in [0.4, 0.5) is 0 Å². The summed E-state index contributed by atoms with van der Waals surface area (Å²) in [7, 11) is 0. The zero-order chi connectivity index (χ0) is 13.9. The molecule has 1 aromatic heterocycles. The molecule has 0 bridgehead atoms. The Morgan fingerprint density at radius 1 is 1.40 bits per heavy atom. The summed E-state index contributed by atoms with van der Waals surface area (Å²) in [6.07, 6.45) is 3.94. The van der Waals surface area contributed by atoms with Gasteiger partial charge in [0.15, 0.2) is 0 Å². The minimum atomic E-state index is 0.535. The summed E-state index contributed by atoms with van der Waals surface area (Å²) in [6, 6.07) is 1.16. The average molecular weight is 295 g/mol. The van der Waals surface area contributed by atoms with E-state index in [0.717, 1.165) is 26.3 Å². The second-order valence-electron chi connectivity index (χ2n) is 5.96. The first-order chi connectivity index (χ1) is 9.74. The predicted octanol–water partition coefficient (Wildman–Crippen LogP) is 2.01. The third-order valence-electron chi connectivity index (χ3n) is 4.56. The minimum absolute atomic E-state index is 0.535. The highest BCUT2D eigenvalue weighted by Crippen LogP contribution is 2.30. The SMILES string of the molecule is Cc1nc(C)c(CNC2CCCC2C2COCCN2)s1. The summed E-state index contributed by atoms with van der Waals surface area (Å²) in [5.41, 5.74) is 1.19. The van der Waals surface area contributed by atoms with Crippen LogP contribution in [0.25, 0.3) is 0 Å². The molecule has 2 aliphatic rings. The minimum Gasteiger partial charge on any atom is -0.379 e. The van der Waals surface area contributed by atoms with Gasteiger partial charge in [0.2, 0.25) is 0 Å². The van der Waals surface area contributed by atoms with E-state index in [1.54, 1.807) is 0 Å². The summed E-state index contributed by atoms with van der Waals surface area (Å²) in [4.78, 5) is 5.90. The molecule has 0 aromatic carbocycles. The molecule has 112 valence electrons. The highest BCUT2D eigenvalue weighted by atomic mass is 32.1. The molecule has 1 saturated carbocycles. The standard InChI is InChI=1S/C15H25N3OS/c1-10-15(20-11(2)18-10)8-17-13-5-3-4-12(13)14-9-19-7-6-16-14/h12-14,16-17H,3-9H2,1-2H3. The summed E-state index contributed by atoms with van der Waals surface area (Å²) >= 11 is 1.82. The number of aromatic nitrogens is 1. The third kappa shape index (κ3) is 3.22. The molecule has 3 unspecified atom stereocenters. The predicted molar refractivity (Wildman–Crippen MR) is 82.2 cm³/mol. The smallest absolute Gasteiger partial charge is 0.0900 e. The maximum Gasteiger partial charge on any atom is 0.0900 e. The van der Waals surface area contributed by atoms with Crippen molar-refractivity contribution in [3.63, 3.8) is 0 Å². The summed E-state index contributed by atoms with van der Waals surface area (Å²) in [5.74, 6) is 0.713. The second-order valence-corrected chi connectivity index (χ2v) is 7.25. The Kier molecular flexibility index (Phi) is 4.71. The zero-order valence-electron chi connectivity index (χ0n) is 12.4. The van der Waals surface area contributed by atoms with E-state index in [1.807, 2.05) is 11.3 Å². The number of nitrogens with one attached hydrogen (secondary N) is 2. The number of nitrogens with zero attached hydrogens (tertiary/aromatic N) is 1. The number of hydrogen-bond donors (Lipinski definition) is 2. The molecule has 20 heavy (non-hydrogen) atoms. The van der Waals surface area contributed by atoms with Gasteiger partial charge >= 0.3 is 0 Å². The molecular weight excluding hydrogens is 270 g/mol. The molecule has 0 amide bonds. The molecule has 0 spiro atoms. The lowest BCUT2D eigenvalue weighted by atomic mass is 9.94. The first-order valence-electron chi connectivity index (χ1n) is 7.71. The quantitative estimate of drug-likeness (QED) is 0.892. The van der Waals surface area contributed by atoms with Gasteiger partial charge in [0.05, 0.1) is 23.9 Å². The van der Waals surface area contributed by atoms with Crippen molar-refractivity contribution in [3.05, 3.63) is 15.6 Å². The molecule has 1 aliphatic carbocycles. The molecule has 5 heteroatoms. The van der Waals surface area contributed by atoms with Crippen LogP contribution >= 0.6 is 11.3 Å². The van der Waals surface area contributed by atoms with Crippen LogP contribution in [0.5, 0.6) is 0 Å². The van der Waals surface area contributed by atoms with E-state index in [2.05, 4.69) is 29.5 Å². The monoisotopic (exact) mass is 295 g/mol. The molecule has 1 saturated heterocycles. The van der Waals surface area contributed by atoms with Crippen LogP contribution in [-0.4, -0.2) is 36.8 Å². The Labute approximate surface area is 125 Å². The molecule has 3 rings (SSSR count). The van der Waals surface area contributed by atoms with Crippen molar-refractivity contribution in [1.29, 1.82) is 0 Å². The number of rotatable bonds is 4. The van der Waals surface area contributed by atoms with Crippen LogP contribution in [-0.2, 0) is 11.3 Å². The third-order valence-corrected chi connectivity index (χ3v) is 5.63. The molecule has 2 N–H and O–H groups in total. The van der Waals surface area contributed by atoms with E-state index >= 15 is 0 Å². The first kappa shape index (κ1) is 14.4. The van der Waals surface area contributed by atoms with E-state index < -0.39 is 0 Å². The van der Waals surface area contributed by atoms with E-state index in [-0.39, 0.29) is 0 Å². The van der Waals surface area contributed by atoms with Gasteiger partial charge < -0.3 is 15.4 Å². The average Bonchev–Trinajstić information content (AvgIpc) is 3.04. The topological polar surface area (TPSA) is 46.2 Å². The number of hydrogen-bond acceptors (Lipinski definition) is 5. The zero-order valence-corrected chi connectivity index (χ0v) is 13.3. The van der Waals surface area contributed by atoms with E-state index in [4.69, 9.17) is 4.74 Å². The lowest BCUT2D eigenvalue weighted by Crippen LogP contribution is -2.50. The van der Waals surface area contributed by atoms with Gasteiger partial charge in [-0.1, -0.05) is 6.42 Å². The Bertz CT molecular complexity index is 442. The van der Waals surface area contributed by atoms with Gasteiger partial charge in [0.1, 0.15) is 0 Å². The summed E-state index contributed by atoms with van der Waals surface area (Å²) in [6.45, 7) is 7.90. The van der Waals surface area contributed by atoms with Gasteiger partial charge in [0, 0.05) is 30.1 Å². The Morgan fingerprint density at radius 2 is 2.30 bits per heavy atom. The highest BCUT2D eigenvalue weighted by molar-refractivity contribution is 7.11. The van der Waals surface area contributed by atoms with Crippen LogP contribution < -0.4 is 10.6 Å². The van der Waals surface area contributed by atoms with E-state index in [0.29, 0.717) is 18.0 Å². The molecule has 0 radical (unpaired) electrons. The van der Waals surface area contributed by atoms with Crippen molar-refractivity contribution in [2.24, 2.45) is 5.92 Å². The number of aryl methyl sites for hydroxylation is 2. The molecule has 1 aromatic rings. The lowest BCUT2D eigenvalue weighted by molar-refractivity contribution is 0.0524. The fraction of sp³-hybridized carbons (Fsp3) is 0.800. The van der Waals surface area contributed by atoms with Gasteiger partial charge in [-0.25, -0.2) is 4.98 Å². The number of morpholine rings is 1. The van der Waals surface area contributed by atoms with E-state index in [1.165, 1.54) is 34.8 Å². The van der Waals surface area contributed by atoms with Crippen LogP contribution in [0.2, 0.25) is 0 Å². The van der Waals surface area contributed by atoms with Crippen molar-refractivity contribution < 1.29 is 4.74 Å². The lowest BCUT2D eigenvalue weighted by Gasteiger charge is -2.33. The number of ether oxygens (including phenoxy) is 1. The van der Waals surface area contributed by atoms with Gasteiger partial charge in [0.25, 0.3) is 0 Å². The fourth-order valence-corrected chi connectivity index (χ4v) is 4.43. The van der Waals surface area contributed by atoms with Gasteiger partial charge in [-0.2, -0.15) is 0 Å². The Balaban J connectivity index is 1.57. The van der Waals surface area contributed by atoms with Crippen LogP contribution in [0.1, 0.15) is 34.8 Å². The largest absolute Gasteiger partial charge is 0.379 e. The first-order valence-corrected chi connectivity index (χ1v) is 8.53. The van der Waals surface area contributed by atoms with Gasteiger partial charge in [-0.3, -0.25) is 0 Å². The second kappa shape index (κ2) is 6.52. The molecule has 3 atom stereocenters. The Hall–Kier alpha value is -0.490. The van der Waals surface area contributed by atoms with Crippen LogP contribution in [0, 0.1) is 19.8 Å². The molecule has 4 nitrogen and oxygen atoms in total. The summed E-state index contributed by atoms with van der Waals surface area (Å²) in [5, 5.41) is 8.58. The maximum absolute atomic E-state index is 5.63. The van der Waals surface area contributed by atoms with Crippen molar-refractivity contribution in [3.8, 4) is 0 Å². The van der Waals surface area contributed by atoms with Gasteiger partial charge in [-0.05, 0) is 32.6 Å². The molecular formula is C15H25N3OS. The maximum atomic E-state index is 5.63. The van der Waals surface area contributed by atoms with Crippen molar-refractivity contribution in [2.45, 2.75) is 51.7 Å². The Morgan fingerprint density at radius 3 is 3.00 bits per heavy atom. The molecule has 2 fully saturated rings. The normalized spacial score (nSPS) is 30.8. The number of thiazole rings is 1. The molecule has 1 aliphatic heterocycles. The van der Waals surface area contributed by atoms with E-state index in [9.17, 15) is 0 Å². The summed E-state index contributed by atoms with van der Waals surface area (Å²) < 4.78 is 5.63. The highest BCUT2D eigenvalue weighted by Gasteiger charge is 2.34. The van der Waals surface area contributed by atoms with Crippen molar-refractivity contribution in [2.75, 3.05) is 19.8 Å². The fourth-order valence-electron chi connectivity index (χ4n) is 3.55. The van der Waals surface area contributed by atoms with Crippen molar-refractivity contribution >= 4 is 11.3 Å².